The van der Waals surface area contributed by atoms with Crippen LogP contribution < -0.4 is 10.6 Å². The van der Waals surface area contributed by atoms with Crippen LogP contribution in [0.15, 0.2) is 66.0 Å². The Labute approximate surface area is 166 Å². The molecule has 0 bridgehead atoms. The summed E-state index contributed by atoms with van der Waals surface area (Å²) in [6.07, 6.45) is 4.03. The van der Waals surface area contributed by atoms with Gasteiger partial charge in [-0.15, -0.1) is 0 Å². The van der Waals surface area contributed by atoms with Crippen LogP contribution in [0.1, 0.15) is 16.1 Å². The molecule has 0 spiro atoms. The molecule has 0 saturated heterocycles. The topological polar surface area (TPSA) is 82.2 Å². The third kappa shape index (κ3) is 5.84. The molecule has 138 valence electrons. The van der Waals surface area contributed by atoms with Gasteiger partial charge >= 0.3 is 0 Å². The Kier molecular flexibility index (Phi) is 6.46. The molecule has 0 fully saturated rings. The Bertz CT molecular complexity index is 924. The fraction of sp³-hybridized carbons (Fsp3) is 0.105. The number of carbonyl (C=O) groups is 1. The molecular weight excluding hydrogens is 385 g/mol. The lowest BCUT2D eigenvalue weighted by Gasteiger charge is -2.12. The first-order valence-corrected chi connectivity index (χ1v) is 8.97. The average Bonchev–Trinajstić information content (AvgIpc) is 3.17. The van der Waals surface area contributed by atoms with Gasteiger partial charge in [0.05, 0.1) is 6.33 Å². The molecule has 6 nitrogen and oxygen atoms in total. The number of benzene rings is 2. The molecule has 1 amide bonds. The Morgan fingerprint density at radius 2 is 1.93 bits per heavy atom. The van der Waals surface area contributed by atoms with Crippen molar-refractivity contribution in [2.45, 2.75) is 6.42 Å². The van der Waals surface area contributed by atoms with Crippen LogP contribution in [0.25, 0.3) is 0 Å². The van der Waals surface area contributed by atoms with Gasteiger partial charge in [0.2, 0.25) is 5.96 Å². The normalized spacial score (nSPS) is 11.3. The number of nitrogens with one attached hydrogen (secondary N) is 3. The molecule has 0 radical (unpaired) electrons. The second kappa shape index (κ2) is 9.21. The van der Waals surface area contributed by atoms with Crippen molar-refractivity contribution >= 4 is 40.8 Å². The lowest BCUT2D eigenvalue weighted by Crippen LogP contribution is -2.36. The number of carbonyl (C=O) groups excluding carboxylic acids is 1. The first-order chi connectivity index (χ1) is 13.1. The maximum absolute atomic E-state index is 12.5. The Morgan fingerprint density at radius 3 is 2.63 bits per heavy atom. The maximum atomic E-state index is 12.5. The molecule has 3 rings (SSSR count). The molecule has 1 heterocycles. The zero-order valence-corrected chi connectivity index (χ0v) is 15.8. The van der Waals surface area contributed by atoms with Crippen molar-refractivity contribution in [3.05, 3.63) is 82.4 Å². The SMILES string of the molecule is O=C(NC(=NCCc1cnc[nH]1)Nc1ccc(Cl)cc1)c1cccc(Cl)c1. The van der Waals surface area contributed by atoms with Crippen LogP contribution in [0.3, 0.4) is 0 Å². The van der Waals surface area contributed by atoms with Gasteiger partial charge in [-0.3, -0.25) is 15.1 Å². The predicted molar refractivity (Wildman–Crippen MR) is 109 cm³/mol. The third-order valence-electron chi connectivity index (χ3n) is 3.63. The summed E-state index contributed by atoms with van der Waals surface area (Å²) >= 11 is 11.9. The molecule has 0 unspecified atom stereocenters. The second-order valence-corrected chi connectivity index (χ2v) is 6.53. The number of amides is 1. The van der Waals surface area contributed by atoms with Gasteiger partial charge in [0.25, 0.3) is 5.91 Å². The lowest BCUT2D eigenvalue weighted by molar-refractivity contribution is 0.0977. The number of aromatic nitrogens is 2. The van der Waals surface area contributed by atoms with Crippen molar-refractivity contribution in [3.63, 3.8) is 0 Å². The summed E-state index contributed by atoms with van der Waals surface area (Å²) in [7, 11) is 0. The fourth-order valence-electron chi connectivity index (χ4n) is 2.30. The number of nitrogens with zero attached hydrogens (tertiary/aromatic N) is 2. The number of rotatable bonds is 5. The lowest BCUT2D eigenvalue weighted by atomic mass is 10.2. The molecule has 0 saturated carbocycles. The van der Waals surface area contributed by atoms with Gasteiger partial charge in [-0.1, -0.05) is 29.3 Å². The van der Waals surface area contributed by atoms with Crippen LogP contribution in [0.5, 0.6) is 0 Å². The minimum absolute atomic E-state index is 0.306. The van der Waals surface area contributed by atoms with Crippen LogP contribution in [0.2, 0.25) is 10.0 Å². The highest BCUT2D eigenvalue weighted by atomic mass is 35.5. The Hall–Kier alpha value is -2.83. The van der Waals surface area contributed by atoms with Gasteiger partial charge < -0.3 is 10.3 Å². The quantitative estimate of drug-likeness (QED) is 0.443. The van der Waals surface area contributed by atoms with Gasteiger partial charge in [0, 0.05) is 46.2 Å². The molecule has 27 heavy (non-hydrogen) atoms. The van der Waals surface area contributed by atoms with Crippen molar-refractivity contribution < 1.29 is 4.79 Å². The monoisotopic (exact) mass is 401 g/mol. The third-order valence-corrected chi connectivity index (χ3v) is 4.12. The largest absolute Gasteiger partial charge is 0.348 e. The number of aromatic amines is 1. The highest BCUT2D eigenvalue weighted by Crippen LogP contribution is 2.14. The first-order valence-electron chi connectivity index (χ1n) is 8.21. The van der Waals surface area contributed by atoms with Gasteiger partial charge in [0.1, 0.15) is 0 Å². The minimum Gasteiger partial charge on any atom is -0.348 e. The molecule has 3 N–H and O–H groups in total. The van der Waals surface area contributed by atoms with Crippen LogP contribution in [-0.4, -0.2) is 28.4 Å². The van der Waals surface area contributed by atoms with E-state index in [0.717, 1.165) is 11.4 Å². The van der Waals surface area contributed by atoms with Crippen LogP contribution in [-0.2, 0) is 6.42 Å². The molecule has 0 aliphatic rings. The molecule has 8 heteroatoms. The highest BCUT2D eigenvalue weighted by molar-refractivity contribution is 6.31. The molecular formula is C19H17Cl2N5O. The van der Waals surface area contributed by atoms with E-state index in [2.05, 4.69) is 25.6 Å². The molecule has 3 aromatic rings. The second-order valence-electron chi connectivity index (χ2n) is 5.65. The predicted octanol–water partition coefficient (Wildman–Crippen LogP) is 4.16. The van der Waals surface area contributed by atoms with E-state index in [-0.39, 0.29) is 5.91 Å². The number of anilines is 1. The van der Waals surface area contributed by atoms with Crippen molar-refractivity contribution in [3.8, 4) is 0 Å². The fourth-order valence-corrected chi connectivity index (χ4v) is 2.62. The van der Waals surface area contributed by atoms with E-state index in [9.17, 15) is 4.79 Å². The van der Waals surface area contributed by atoms with E-state index in [1.807, 2.05) is 0 Å². The zero-order chi connectivity index (χ0) is 19.1. The number of halogens is 2. The average molecular weight is 402 g/mol. The van der Waals surface area contributed by atoms with Crippen molar-refractivity contribution in [2.75, 3.05) is 11.9 Å². The molecule has 0 aliphatic carbocycles. The molecule has 0 atom stereocenters. The Morgan fingerprint density at radius 1 is 1.11 bits per heavy atom. The number of aliphatic imine (C=N–C) groups is 1. The number of hydrogen-bond donors (Lipinski definition) is 3. The maximum Gasteiger partial charge on any atom is 0.258 e. The first kappa shape index (κ1) is 18.9. The van der Waals surface area contributed by atoms with Crippen molar-refractivity contribution in [1.82, 2.24) is 15.3 Å². The van der Waals surface area contributed by atoms with Crippen molar-refractivity contribution in [1.29, 1.82) is 0 Å². The van der Waals surface area contributed by atoms with Gasteiger partial charge in [-0.05, 0) is 42.5 Å². The zero-order valence-electron chi connectivity index (χ0n) is 14.2. The number of guanidine groups is 1. The summed E-state index contributed by atoms with van der Waals surface area (Å²) in [5.74, 6) is 0.0288. The summed E-state index contributed by atoms with van der Waals surface area (Å²) in [6.45, 7) is 0.466. The minimum atomic E-state index is -0.306. The van der Waals surface area contributed by atoms with Gasteiger partial charge in [-0.25, -0.2) is 4.98 Å². The summed E-state index contributed by atoms with van der Waals surface area (Å²) in [4.78, 5) is 24.0. The van der Waals surface area contributed by atoms with Crippen molar-refractivity contribution in [2.24, 2.45) is 4.99 Å². The van der Waals surface area contributed by atoms with E-state index < -0.39 is 0 Å². The standard InChI is InChI=1S/C19H17Cl2N5O/c20-14-4-6-16(7-5-14)25-19(23-9-8-17-11-22-12-24-17)26-18(27)13-2-1-3-15(21)10-13/h1-7,10-12H,8-9H2,(H,22,24)(H2,23,25,26,27). The van der Waals surface area contributed by atoms with E-state index in [1.54, 1.807) is 61.1 Å². The van der Waals surface area contributed by atoms with Crippen LogP contribution >= 0.6 is 23.2 Å². The smallest absolute Gasteiger partial charge is 0.258 e. The van der Waals surface area contributed by atoms with E-state index in [1.165, 1.54) is 0 Å². The van der Waals surface area contributed by atoms with Gasteiger partial charge in [0.15, 0.2) is 0 Å². The Balaban J connectivity index is 1.73. The summed E-state index contributed by atoms with van der Waals surface area (Å²) in [5, 5.41) is 7.01. The number of imidazole rings is 1. The highest BCUT2D eigenvalue weighted by Gasteiger charge is 2.10. The van der Waals surface area contributed by atoms with Gasteiger partial charge in [-0.2, -0.15) is 0 Å². The summed E-state index contributed by atoms with van der Waals surface area (Å²) in [6, 6.07) is 13.8. The van der Waals surface area contributed by atoms with Crippen LogP contribution in [0, 0.1) is 0 Å². The molecule has 0 aliphatic heterocycles. The van der Waals surface area contributed by atoms with E-state index >= 15 is 0 Å². The number of H-pyrrole nitrogens is 1. The summed E-state index contributed by atoms with van der Waals surface area (Å²) < 4.78 is 0. The van der Waals surface area contributed by atoms with Crippen LogP contribution in [0.4, 0.5) is 5.69 Å². The molecule has 2 aromatic carbocycles. The summed E-state index contributed by atoms with van der Waals surface area (Å²) in [5.41, 5.74) is 2.17. The van der Waals surface area contributed by atoms with E-state index in [0.29, 0.717) is 34.5 Å². The molecule has 1 aromatic heterocycles. The number of hydrogen-bond acceptors (Lipinski definition) is 3. The van der Waals surface area contributed by atoms with E-state index in [4.69, 9.17) is 23.2 Å².